The Kier molecular flexibility index (Phi) is 2.07. The predicted molar refractivity (Wildman–Crippen MR) is 60.8 cm³/mol. The second-order valence-electron chi connectivity index (χ2n) is 3.88. The van der Waals surface area contributed by atoms with Crippen LogP contribution in [-0.4, -0.2) is 15.3 Å². The lowest BCUT2D eigenvalue weighted by Gasteiger charge is -2.04. The molecule has 0 saturated carbocycles. The lowest BCUT2D eigenvalue weighted by molar-refractivity contribution is 0.0981. The van der Waals surface area contributed by atoms with Gasteiger partial charge in [-0.1, -0.05) is 35.9 Å². The first-order chi connectivity index (χ1) is 7.74. The van der Waals surface area contributed by atoms with Crippen LogP contribution in [0.2, 0.25) is 5.15 Å². The lowest BCUT2D eigenvalue weighted by atomic mass is 10.0. The average Bonchev–Trinajstić information content (AvgIpc) is 2.57. The molecule has 3 rings (SSSR count). The zero-order chi connectivity index (χ0) is 11.1. The van der Waals surface area contributed by atoms with Crippen molar-refractivity contribution in [3.05, 3.63) is 52.6 Å². The van der Waals surface area contributed by atoms with Crippen molar-refractivity contribution in [2.75, 3.05) is 0 Å². The van der Waals surface area contributed by atoms with Gasteiger partial charge >= 0.3 is 0 Å². The van der Waals surface area contributed by atoms with E-state index < -0.39 is 0 Å². The molecule has 1 aromatic heterocycles. The van der Waals surface area contributed by atoms with Crippen molar-refractivity contribution in [2.45, 2.75) is 13.0 Å². The van der Waals surface area contributed by atoms with Crippen molar-refractivity contribution in [1.29, 1.82) is 0 Å². The Hall–Kier alpha value is -1.61. The van der Waals surface area contributed by atoms with Gasteiger partial charge in [0.05, 0.1) is 0 Å². The van der Waals surface area contributed by atoms with Crippen LogP contribution in [0.4, 0.5) is 0 Å². The molecule has 0 amide bonds. The molecule has 0 aliphatic carbocycles. The van der Waals surface area contributed by atoms with Crippen molar-refractivity contribution in [3.8, 4) is 0 Å². The normalized spacial score (nSPS) is 14.2. The Morgan fingerprint density at radius 1 is 1.25 bits per heavy atom. The van der Waals surface area contributed by atoms with E-state index in [9.17, 15) is 4.79 Å². The molecular weight excluding hydrogens is 224 g/mol. The Labute approximate surface area is 97.7 Å². The van der Waals surface area contributed by atoms with Gasteiger partial charge < -0.3 is 4.57 Å². The minimum atomic E-state index is 0.0249. The van der Waals surface area contributed by atoms with Crippen molar-refractivity contribution < 1.29 is 4.79 Å². The topological polar surface area (TPSA) is 34.9 Å². The predicted octanol–water partition coefficient (Wildman–Crippen LogP) is 2.32. The molecule has 2 heterocycles. The van der Waals surface area contributed by atoms with Gasteiger partial charge in [0.15, 0.2) is 5.82 Å². The molecule has 1 aliphatic heterocycles. The van der Waals surface area contributed by atoms with Gasteiger partial charge in [0.1, 0.15) is 5.15 Å². The Morgan fingerprint density at radius 3 is 2.81 bits per heavy atom. The van der Waals surface area contributed by atoms with Gasteiger partial charge in [-0.3, -0.25) is 4.79 Å². The van der Waals surface area contributed by atoms with Crippen LogP contribution in [0.5, 0.6) is 0 Å². The highest BCUT2D eigenvalue weighted by Crippen LogP contribution is 2.20. The SMILES string of the molecule is O=C1Cc2ccccc2Cn2cc(Cl)nc21. The highest BCUT2D eigenvalue weighted by Gasteiger charge is 2.21. The number of nitrogens with zero attached hydrogens (tertiary/aromatic N) is 2. The molecular formula is C12H9ClN2O. The maximum Gasteiger partial charge on any atom is 0.202 e. The zero-order valence-electron chi connectivity index (χ0n) is 8.48. The molecule has 3 nitrogen and oxygen atoms in total. The Balaban J connectivity index is 2.17. The number of carbonyl (C=O) groups excluding carboxylic acids is 1. The van der Waals surface area contributed by atoms with Gasteiger partial charge in [0, 0.05) is 19.2 Å². The van der Waals surface area contributed by atoms with Crippen molar-refractivity contribution in [2.24, 2.45) is 0 Å². The third-order valence-electron chi connectivity index (χ3n) is 2.81. The van der Waals surface area contributed by atoms with Crippen LogP contribution in [0.15, 0.2) is 30.5 Å². The number of imidazole rings is 1. The Bertz CT molecular complexity index is 574. The van der Waals surface area contributed by atoms with E-state index in [1.54, 1.807) is 6.20 Å². The van der Waals surface area contributed by atoms with E-state index in [1.165, 1.54) is 0 Å². The number of ketones is 1. The van der Waals surface area contributed by atoms with Crippen LogP contribution in [0.1, 0.15) is 21.7 Å². The van der Waals surface area contributed by atoms with Crippen LogP contribution < -0.4 is 0 Å². The molecule has 0 unspecified atom stereocenters. The van der Waals surface area contributed by atoms with Crippen molar-refractivity contribution in [1.82, 2.24) is 9.55 Å². The second-order valence-corrected chi connectivity index (χ2v) is 4.27. The first-order valence-electron chi connectivity index (χ1n) is 5.07. The summed E-state index contributed by atoms with van der Waals surface area (Å²) < 4.78 is 1.82. The quantitative estimate of drug-likeness (QED) is 0.699. The third kappa shape index (κ3) is 1.44. The summed E-state index contributed by atoms with van der Waals surface area (Å²) in [6.07, 6.45) is 2.11. The highest BCUT2D eigenvalue weighted by atomic mass is 35.5. The smallest absolute Gasteiger partial charge is 0.202 e. The number of halogens is 1. The fourth-order valence-corrected chi connectivity index (χ4v) is 2.24. The number of fused-ring (bicyclic) bond motifs is 2. The van der Waals surface area contributed by atoms with Gasteiger partial charge in [-0.25, -0.2) is 4.98 Å². The van der Waals surface area contributed by atoms with E-state index in [0.29, 0.717) is 23.9 Å². The van der Waals surface area contributed by atoms with Gasteiger partial charge in [0.25, 0.3) is 0 Å². The standard InChI is InChI=1S/C12H9ClN2O/c13-11-7-15-6-9-4-2-1-3-8(9)5-10(16)12(15)14-11/h1-4,7H,5-6H2. The summed E-state index contributed by atoms with van der Waals surface area (Å²) in [6, 6.07) is 7.95. The molecule has 0 N–H and O–H groups in total. The van der Waals surface area contributed by atoms with E-state index in [0.717, 1.165) is 11.1 Å². The molecule has 2 aromatic rings. The molecule has 1 aromatic carbocycles. The second kappa shape index (κ2) is 3.46. The molecule has 80 valence electrons. The van der Waals surface area contributed by atoms with Crippen LogP contribution in [0.25, 0.3) is 0 Å². The molecule has 4 heteroatoms. The van der Waals surface area contributed by atoms with Crippen LogP contribution >= 0.6 is 11.6 Å². The number of benzene rings is 1. The first kappa shape index (κ1) is 9.60. The fourth-order valence-electron chi connectivity index (χ4n) is 2.05. The largest absolute Gasteiger partial charge is 0.322 e. The van der Waals surface area contributed by atoms with E-state index in [1.807, 2.05) is 28.8 Å². The van der Waals surface area contributed by atoms with E-state index in [2.05, 4.69) is 4.98 Å². The number of hydrogen-bond acceptors (Lipinski definition) is 2. The summed E-state index contributed by atoms with van der Waals surface area (Å²) in [5, 5.41) is 0.378. The molecule has 0 bridgehead atoms. The van der Waals surface area contributed by atoms with Crippen LogP contribution in [-0.2, 0) is 13.0 Å². The minimum Gasteiger partial charge on any atom is -0.322 e. The Morgan fingerprint density at radius 2 is 2.00 bits per heavy atom. The van der Waals surface area contributed by atoms with Crippen molar-refractivity contribution in [3.63, 3.8) is 0 Å². The number of Topliss-reactive ketones (excluding diaryl/α,β-unsaturated/α-hetero) is 1. The highest BCUT2D eigenvalue weighted by molar-refractivity contribution is 6.29. The summed E-state index contributed by atoms with van der Waals surface area (Å²) in [6.45, 7) is 0.664. The molecule has 0 radical (unpaired) electrons. The van der Waals surface area contributed by atoms with Crippen LogP contribution in [0.3, 0.4) is 0 Å². The van der Waals surface area contributed by atoms with E-state index in [4.69, 9.17) is 11.6 Å². The summed E-state index contributed by atoms with van der Waals surface area (Å²) >= 11 is 5.81. The fraction of sp³-hybridized carbons (Fsp3) is 0.167. The number of rotatable bonds is 0. The molecule has 0 atom stereocenters. The zero-order valence-corrected chi connectivity index (χ0v) is 9.24. The van der Waals surface area contributed by atoms with E-state index >= 15 is 0 Å². The molecule has 16 heavy (non-hydrogen) atoms. The summed E-state index contributed by atoms with van der Waals surface area (Å²) in [5.74, 6) is 0.484. The number of hydrogen-bond donors (Lipinski definition) is 0. The summed E-state index contributed by atoms with van der Waals surface area (Å²) in [7, 11) is 0. The molecule has 1 aliphatic rings. The average molecular weight is 233 g/mol. The maximum atomic E-state index is 11.9. The van der Waals surface area contributed by atoms with Gasteiger partial charge in [-0.05, 0) is 11.1 Å². The van der Waals surface area contributed by atoms with Crippen LogP contribution in [0, 0.1) is 0 Å². The number of carbonyl (C=O) groups is 1. The molecule has 0 fully saturated rings. The van der Waals surface area contributed by atoms with Gasteiger partial charge in [0.2, 0.25) is 5.78 Å². The first-order valence-corrected chi connectivity index (χ1v) is 5.44. The number of aromatic nitrogens is 2. The summed E-state index contributed by atoms with van der Waals surface area (Å²) in [4.78, 5) is 16.0. The maximum absolute atomic E-state index is 11.9. The third-order valence-corrected chi connectivity index (χ3v) is 2.99. The minimum absolute atomic E-state index is 0.0249. The van der Waals surface area contributed by atoms with E-state index in [-0.39, 0.29) is 5.78 Å². The van der Waals surface area contributed by atoms with Gasteiger partial charge in [-0.15, -0.1) is 0 Å². The molecule has 0 spiro atoms. The van der Waals surface area contributed by atoms with Gasteiger partial charge in [-0.2, -0.15) is 0 Å². The molecule has 0 saturated heterocycles. The van der Waals surface area contributed by atoms with Crippen molar-refractivity contribution >= 4 is 17.4 Å². The monoisotopic (exact) mass is 232 g/mol. The summed E-state index contributed by atoms with van der Waals surface area (Å²) in [5.41, 5.74) is 2.23. The lowest BCUT2D eigenvalue weighted by Crippen LogP contribution is -2.08.